The second kappa shape index (κ2) is 12.1. The lowest BCUT2D eigenvalue weighted by molar-refractivity contribution is -0.131. The highest BCUT2D eigenvalue weighted by molar-refractivity contribution is 5.79. The van der Waals surface area contributed by atoms with Gasteiger partial charge in [0.25, 0.3) is 0 Å². The Morgan fingerprint density at radius 3 is 2.44 bits per heavy atom. The molecule has 1 aromatic carbocycles. The Balaban J connectivity index is 0.00000277. The average Bonchev–Trinajstić information content (AvgIpc) is 2.61. The van der Waals surface area contributed by atoms with Crippen LogP contribution in [-0.4, -0.2) is 35.1 Å². The summed E-state index contributed by atoms with van der Waals surface area (Å²) in [5, 5.41) is 10.1. The maximum Gasteiger partial charge on any atom is 0.227 e. The largest absolute Gasteiger partial charge is 0.405 e. The molecule has 0 spiro atoms. The maximum atomic E-state index is 12.4. The van der Waals surface area contributed by atoms with Crippen LogP contribution in [0.4, 0.5) is 0 Å². The highest BCUT2D eigenvalue weighted by atomic mass is 16.3. The molecule has 1 atom stereocenters. The van der Waals surface area contributed by atoms with E-state index in [0.717, 1.165) is 5.56 Å². The van der Waals surface area contributed by atoms with Crippen LogP contribution >= 0.6 is 0 Å². The van der Waals surface area contributed by atoms with E-state index in [1.165, 1.54) is 23.4 Å². The summed E-state index contributed by atoms with van der Waals surface area (Å²) in [6.45, 7) is 10.6. The number of nitrogens with zero attached hydrogens (tertiary/aromatic N) is 1. The van der Waals surface area contributed by atoms with Gasteiger partial charge in [0.15, 0.2) is 0 Å². The van der Waals surface area contributed by atoms with Gasteiger partial charge in [-0.05, 0) is 55.8 Å². The molecule has 140 valence electrons. The van der Waals surface area contributed by atoms with E-state index in [1.807, 2.05) is 52.8 Å². The number of carbonyl (C=O) groups excluding carboxylic acids is 1. The van der Waals surface area contributed by atoms with Gasteiger partial charge in [-0.1, -0.05) is 32.0 Å². The van der Waals surface area contributed by atoms with Gasteiger partial charge in [0.05, 0.1) is 13.0 Å². The Bertz CT molecular complexity index is 595. The predicted molar refractivity (Wildman–Crippen MR) is 105 cm³/mol. The molecule has 0 aliphatic rings. The summed E-state index contributed by atoms with van der Waals surface area (Å²) < 4.78 is 0. The van der Waals surface area contributed by atoms with Crippen LogP contribution in [0.5, 0.6) is 0 Å². The van der Waals surface area contributed by atoms with Crippen LogP contribution < -0.4 is 11.5 Å². The number of carbonyl (C=O) groups is 1. The van der Waals surface area contributed by atoms with Gasteiger partial charge >= 0.3 is 0 Å². The molecule has 0 saturated carbocycles. The van der Waals surface area contributed by atoms with E-state index in [0.29, 0.717) is 13.0 Å². The van der Waals surface area contributed by atoms with Crippen LogP contribution in [0.2, 0.25) is 0 Å². The van der Waals surface area contributed by atoms with Gasteiger partial charge in [-0.25, -0.2) is 0 Å². The molecule has 25 heavy (non-hydrogen) atoms. The first kappa shape index (κ1) is 22.7. The van der Waals surface area contributed by atoms with E-state index in [2.05, 4.69) is 0 Å². The van der Waals surface area contributed by atoms with Gasteiger partial charge in [0, 0.05) is 12.2 Å². The van der Waals surface area contributed by atoms with Crippen LogP contribution in [0.15, 0.2) is 42.2 Å². The number of nitrogens with two attached hydrogens (primary N) is 2. The summed E-state index contributed by atoms with van der Waals surface area (Å²) in [5.41, 5.74) is 14.6. The summed E-state index contributed by atoms with van der Waals surface area (Å²) in [5.74, 6) is -0.0306. The molecule has 5 nitrogen and oxygen atoms in total. The van der Waals surface area contributed by atoms with Crippen molar-refractivity contribution in [1.29, 1.82) is 0 Å². The number of hydrogen-bond donors (Lipinski definition) is 3. The third-order valence-electron chi connectivity index (χ3n) is 3.84. The number of allylic oxidation sites excluding steroid dienone is 2. The zero-order chi connectivity index (χ0) is 19.4. The average molecular weight is 348 g/mol. The molecule has 1 amide bonds. The van der Waals surface area contributed by atoms with Gasteiger partial charge in [-0.15, -0.1) is 0 Å². The lowest BCUT2D eigenvalue weighted by atomic mass is 10.0. The Kier molecular flexibility index (Phi) is 11.0. The fourth-order valence-corrected chi connectivity index (χ4v) is 2.20. The second-order valence-corrected chi connectivity index (χ2v) is 5.60. The highest BCUT2D eigenvalue weighted by Gasteiger charge is 2.17. The van der Waals surface area contributed by atoms with Gasteiger partial charge in [-0.2, -0.15) is 0 Å². The van der Waals surface area contributed by atoms with Gasteiger partial charge in [0.2, 0.25) is 5.91 Å². The molecule has 0 saturated heterocycles. The number of benzene rings is 1. The lowest BCUT2D eigenvalue weighted by Crippen LogP contribution is -2.40. The van der Waals surface area contributed by atoms with E-state index in [9.17, 15) is 9.90 Å². The molecular formula is C20H33N3O2. The summed E-state index contributed by atoms with van der Waals surface area (Å²) in [4.78, 5) is 14.0. The fraction of sp³-hybridized carbons (Fsp3) is 0.450. The summed E-state index contributed by atoms with van der Waals surface area (Å²) in [6.07, 6.45) is 3.82. The molecule has 5 heteroatoms. The molecule has 0 radical (unpaired) electrons. The van der Waals surface area contributed by atoms with E-state index in [-0.39, 0.29) is 18.1 Å². The minimum absolute atomic E-state index is 0.0306. The minimum Gasteiger partial charge on any atom is -0.405 e. The van der Waals surface area contributed by atoms with E-state index < -0.39 is 6.10 Å². The highest BCUT2D eigenvalue weighted by Crippen LogP contribution is 2.12. The molecular weight excluding hydrogens is 314 g/mol. The van der Waals surface area contributed by atoms with Crippen molar-refractivity contribution in [3.05, 3.63) is 58.9 Å². The number of aliphatic hydroxyl groups is 1. The normalized spacial score (nSPS) is 12.5. The molecule has 0 bridgehead atoms. The third kappa shape index (κ3) is 7.90. The molecule has 1 unspecified atom stereocenters. The number of aliphatic hydroxyl groups excluding tert-OH is 1. The number of likely N-dealkylation sites (N-methyl/N-ethyl adjacent to an activating group) is 1. The van der Waals surface area contributed by atoms with Crippen LogP contribution in [-0.2, 0) is 11.2 Å². The van der Waals surface area contributed by atoms with Crippen LogP contribution in [0, 0.1) is 13.8 Å². The summed E-state index contributed by atoms with van der Waals surface area (Å²) >= 11 is 0. The molecule has 1 aromatic rings. The quantitative estimate of drug-likeness (QED) is 0.660. The van der Waals surface area contributed by atoms with Gasteiger partial charge < -0.3 is 21.5 Å². The Hall–Kier alpha value is -2.27. The van der Waals surface area contributed by atoms with E-state index >= 15 is 0 Å². The maximum absolute atomic E-state index is 12.4. The van der Waals surface area contributed by atoms with Crippen molar-refractivity contribution < 1.29 is 9.90 Å². The zero-order valence-corrected chi connectivity index (χ0v) is 16.1. The Morgan fingerprint density at radius 2 is 1.92 bits per heavy atom. The van der Waals surface area contributed by atoms with E-state index in [1.54, 1.807) is 11.0 Å². The van der Waals surface area contributed by atoms with Crippen LogP contribution in [0.25, 0.3) is 0 Å². The first-order chi connectivity index (χ1) is 11.9. The van der Waals surface area contributed by atoms with Gasteiger partial charge in [-0.3, -0.25) is 4.79 Å². The SMILES string of the molecule is CC.CCN(CC(O)/C(N)=C/C=C\N)C(=O)Cc1ccc(C)c(C)c1. The topological polar surface area (TPSA) is 92.6 Å². The van der Waals surface area contributed by atoms with E-state index in [4.69, 9.17) is 11.5 Å². The first-order valence-electron chi connectivity index (χ1n) is 8.74. The molecule has 1 rings (SSSR count). The smallest absolute Gasteiger partial charge is 0.227 e. The van der Waals surface area contributed by atoms with Crippen molar-refractivity contribution in [3.8, 4) is 0 Å². The van der Waals surface area contributed by atoms with Crippen LogP contribution in [0.1, 0.15) is 37.5 Å². The third-order valence-corrected chi connectivity index (χ3v) is 3.84. The van der Waals surface area contributed by atoms with Crippen molar-refractivity contribution >= 4 is 5.91 Å². The van der Waals surface area contributed by atoms with Crippen molar-refractivity contribution in [3.63, 3.8) is 0 Å². The fourth-order valence-electron chi connectivity index (χ4n) is 2.20. The molecule has 0 fully saturated rings. The monoisotopic (exact) mass is 347 g/mol. The van der Waals surface area contributed by atoms with Crippen molar-refractivity contribution in [2.24, 2.45) is 11.5 Å². The Morgan fingerprint density at radius 1 is 1.28 bits per heavy atom. The second-order valence-electron chi connectivity index (χ2n) is 5.60. The first-order valence-corrected chi connectivity index (χ1v) is 8.74. The Labute approximate surface area is 152 Å². The number of hydrogen-bond acceptors (Lipinski definition) is 4. The van der Waals surface area contributed by atoms with Gasteiger partial charge in [0.1, 0.15) is 6.10 Å². The minimum atomic E-state index is -0.908. The molecule has 5 N–H and O–H groups in total. The predicted octanol–water partition coefficient (Wildman–Crippen LogP) is 2.40. The zero-order valence-electron chi connectivity index (χ0n) is 16.1. The van der Waals surface area contributed by atoms with Crippen molar-refractivity contribution in [2.75, 3.05) is 13.1 Å². The standard InChI is InChI=1S/C18H27N3O2.C2H6/c1-4-21(12-17(22)16(20)6-5-9-19)18(23)11-15-8-7-13(2)14(3)10-15;1-2/h5-10,17,22H,4,11-12,19-20H2,1-3H3;1-2H3/b9-5-,16-6-;. The number of rotatable bonds is 7. The summed E-state index contributed by atoms with van der Waals surface area (Å²) in [6, 6.07) is 6.01. The van der Waals surface area contributed by atoms with Crippen LogP contribution in [0.3, 0.4) is 0 Å². The number of aryl methyl sites for hydroxylation is 2. The number of amides is 1. The van der Waals surface area contributed by atoms with Crippen molar-refractivity contribution in [1.82, 2.24) is 4.90 Å². The summed E-state index contributed by atoms with van der Waals surface area (Å²) in [7, 11) is 0. The lowest BCUT2D eigenvalue weighted by Gasteiger charge is -2.24. The van der Waals surface area contributed by atoms with Crippen molar-refractivity contribution in [2.45, 2.75) is 47.1 Å². The molecule has 0 aromatic heterocycles. The molecule has 0 aliphatic heterocycles. The molecule has 0 heterocycles. The molecule has 0 aliphatic carbocycles.